The Morgan fingerprint density at radius 1 is 1.38 bits per heavy atom. The number of aromatic nitrogens is 4. The smallest absolute Gasteiger partial charge is 0.209 e. The number of rotatable bonds is 9. The first-order valence-electron chi connectivity index (χ1n) is 7.18. The van der Waals surface area contributed by atoms with Crippen LogP contribution in [0.4, 0.5) is 0 Å². The molecule has 0 amide bonds. The lowest BCUT2D eigenvalue weighted by atomic mass is 10.2. The molecule has 2 rings (SSSR count). The van der Waals surface area contributed by atoms with E-state index >= 15 is 0 Å². The number of nitrogens with two attached hydrogens (primary N) is 1. The molecular weight excluding hydrogens is 286 g/mol. The zero-order valence-corrected chi connectivity index (χ0v) is 13.3. The lowest BCUT2D eigenvalue weighted by Gasteiger charge is -2.05. The molecule has 0 unspecified atom stereocenters. The van der Waals surface area contributed by atoms with E-state index in [1.165, 1.54) is 5.56 Å². The summed E-state index contributed by atoms with van der Waals surface area (Å²) in [5, 5.41) is 14.6. The number of hydrogen-bond donors (Lipinski definition) is 1. The fraction of sp³-hybridized carbons (Fsp3) is 0.500. The van der Waals surface area contributed by atoms with Crippen molar-refractivity contribution in [2.75, 3.05) is 18.9 Å². The van der Waals surface area contributed by atoms with Crippen LogP contribution < -0.4 is 10.1 Å². The fourth-order valence-corrected chi connectivity index (χ4v) is 2.74. The second-order valence-corrected chi connectivity index (χ2v) is 5.71. The van der Waals surface area contributed by atoms with E-state index < -0.39 is 0 Å². The maximum absolute atomic E-state index is 5.51. The van der Waals surface area contributed by atoms with Gasteiger partial charge in [-0.2, -0.15) is 0 Å². The van der Waals surface area contributed by atoms with Crippen molar-refractivity contribution in [2.24, 2.45) is 7.05 Å². The van der Waals surface area contributed by atoms with E-state index in [1.54, 1.807) is 16.4 Å². The molecule has 6 nitrogen and oxygen atoms in total. The van der Waals surface area contributed by atoms with Crippen LogP contribution in [0.1, 0.15) is 18.9 Å². The van der Waals surface area contributed by atoms with Gasteiger partial charge in [-0.25, -0.2) is 4.68 Å². The van der Waals surface area contributed by atoms with Crippen molar-refractivity contribution in [2.45, 2.75) is 25.0 Å². The second kappa shape index (κ2) is 8.63. The molecule has 7 heteroatoms. The van der Waals surface area contributed by atoms with Gasteiger partial charge in [0.05, 0.1) is 13.2 Å². The molecule has 1 aromatic heterocycles. The molecule has 2 aromatic rings. The van der Waals surface area contributed by atoms with Crippen molar-refractivity contribution in [1.29, 1.82) is 0 Å². The quantitative estimate of drug-likeness (QED) is 0.549. The first-order chi connectivity index (χ1) is 10.3. The van der Waals surface area contributed by atoms with Gasteiger partial charge in [0.15, 0.2) is 0 Å². The highest BCUT2D eigenvalue weighted by Gasteiger charge is 2.03. The van der Waals surface area contributed by atoms with Gasteiger partial charge in [0, 0.05) is 24.8 Å². The molecule has 0 aliphatic carbocycles. The summed E-state index contributed by atoms with van der Waals surface area (Å²) in [5.74, 6) is 1.98. The highest BCUT2D eigenvalue weighted by Crippen LogP contribution is 2.13. The van der Waals surface area contributed by atoms with E-state index in [0.29, 0.717) is 6.61 Å². The van der Waals surface area contributed by atoms with Crippen molar-refractivity contribution >= 4 is 11.8 Å². The zero-order valence-electron chi connectivity index (χ0n) is 12.5. The predicted octanol–water partition coefficient (Wildman–Crippen LogP) is 0.855. The Kier molecular flexibility index (Phi) is 6.49. The lowest BCUT2D eigenvalue weighted by molar-refractivity contribution is -0.670. The van der Waals surface area contributed by atoms with E-state index in [4.69, 9.17) is 4.74 Å². The third-order valence-electron chi connectivity index (χ3n) is 2.95. The van der Waals surface area contributed by atoms with Crippen molar-refractivity contribution in [3.8, 4) is 5.75 Å². The summed E-state index contributed by atoms with van der Waals surface area (Å²) in [6.45, 7) is 4.79. The van der Waals surface area contributed by atoms with Crippen LogP contribution in [0.25, 0.3) is 0 Å². The van der Waals surface area contributed by atoms with Gasteiger partial charge >= 0.3 is 0 Å². The van der Waals surface area contributed by atoms with E-state index in [9.17, 15) is 0 Å². The van der Waals surface area contributed by atoms with Gasteiger partial charge in [-0.3, -0.25) is 0 Å². The SMILES string of the molecule is CCOc1cccc(C[NH2+]CCCSc2nnnn2C)c1. The Balaban J connectivity index is 1.61. The van der Waals surface area contributed by atoms with Gasteiger partial charge in [0.2, 0.25) is 5.16 Å². The molecule has 0 radical (unpaired) electrons. The largest absolute Gasteiger partial charge is 0.494 e. The van der Waals surface area contributed by atoms with E-state index in [-0.39, 0.29) is 0 Å². The van der Waals surface area contributed by atoms with Gasteiger partial charge in [-0.15, -0.1) is 5.10 Å². The molecule has 0 fully saturated rings. The molecule has 0 spiro atoms. The molecule has 0 aliphatic rings. The summed E-state index contributed by atoms with van der Waals surface area (Å²) in [7, 11) is 1.86. The Morgan fingerprint density at radius 3 is 3.05 bits per heavy atom. The zero-order chi connectivity index (χ0) is 14.9. The molecular formula is C14H22N5OS+. The molecule has 0 saturated carbocycles. The van der Waals surface area contributed by atoms with Gasteiger partial charge in [-0.1, -0.05) is 23.9 Å². The molecule has 0 bridgehead atoms. The Hall–Kier alpha value is -1.60. The van der Waals surface area contributed by atoms with Gasteiger partial charge < -0.3 is 10.1 Å². The molecule has 0 atom stereocenters. The number of tetrazole rings is 1. The van der Waals surface area contributed by atoms with Crippen molar-refractivity contribution in [1.82, 2.24) is 20.2 Å². The van der Waals surface area contributed by atoms with Crippen LogP contribution in [0.2, 0.25) is 0 Å². The number of thioether (sulfide) groups is 1. The van der Waals surface area contributed by atoms with Gasteiger partial charge in [0.1, 0.15) is 12.3 Å². The third-order valence-corrected chi connectivity index (χ3v) is 4.05. The monoisotopic (exact) mass is 308 g/mol. The van der Waals surface area contributed by atoms with Crippen LogP contribution in [0.15, 0.2) is 29.4 Å². The first kappa shape index (κ1) is 15.8. The van der Waals surface area contributed by atoms with Crippen LogP contribution in [-0.4, -0.2) is 39.1 Å². The van der Waals surface area contributed by atoms with E-state index in [2.05, 4.69) is 33.0 Å². The summed E-state index contributed by atoms with van der Waals surface area (Å²) >= 11 is 1.70. The van der Waals surface area contributed by atoms with Crippen LogP contribution >= 0.6 is 11.8 Å². The number of benzene rings is 1. The third kappa shape index (κ3) is 5.35. The average molecular weight is 308 g/mol. The van der Waals surface area contributed by atoms with Gasteiger partial charge in [-0.05, 0) is 29.5 Å². The Labute approximate surface area is 129 Å². The number of hydrogen-bond acceptors (Lipinski definition) is 5. The standard InChI is InChI=1S/C14H21N5OS/c1-3-20-13-7-4-6-12(10-13)11-15-8-5-9-21-14-16-17-18-19(14)2/h4,6-7,10,15H,3,5,8-9,11H2,1-2H3/p+1. The molecule has 0 aliphatic heterocycles. The fourth-order valence-electron chi connectivity index (χ4n) is 1.93. The van der Waals surface area contributed by atoms with Crippen molar-refractivity contribution in [3.05, 3.63) is 29.8 Å². The van der Waals surface area contributed by atoms with E-state index in [1.807, 2.05) is 26.1 Å². The molecule has 2 N–H and O–H groups in total. The Morgan fingerprint density at radius 2 is 2.29 bits per heavy atom. The molecule has 0 saturated heterocycles. The molecule has 114 valence electrons. The topological polar surface area (TPSA) is 69.4 Å². The molecule has 21 heavy (non-hydrogen) atoms. The highest BCUT2D eigenvalue weighted by atomic mass is 32.2. The highest BCUT2D eigenvalue weighted by molar-refractivity contribution is 7.99. The number of ether oxygens (including phenoxy) is 1. The lowest BCUT2D eigenvalue weighted by Crippen LogP contribution is -2.82. The van der Waals surface area contributed by atoms with Crippen LogP contribution in [-0.2, 0) is 13.6 Å². The summed E-state index contributed by atoms with van der Waals surface area (Å²) in [5.41, 5.74) is 1.30. The minimum atomic E-state index is 0.710. The number of aryl methyl sites for hydroxylation is 1. The second-order valence-electron chi connectivity index (χ2n) is 4.65. The minimum absolute atomic E-state index is 0.710. The Bertz CT molecular complexity index is 546. The van der Waals surface area contributed by atoms with Gasteiger partial charge in [0.25, 0.3) is 0 Å². The molecule has 1 aromatic carbocycles. The summed E-state index contributed by atoms with van der Waals surface area (Å²) in [6, 6.07) is 8.29. The maximum atomic E-state index is 5.51. The summed E-state index contributed by atoms with van der Waals surface area (Å²) in [4.78, 5) is 0. The number of quaternary nitrogens is 1. The molecule has 1 heterocycles. The normalized spacial score (nSPS) is 10.8. The summed E-state index contributed by atoms with van der Waals surface area (Å²) in [6.07, 6.45) is 1.13. The van der Waals surface area contributed by atoms with Crippen LogP contribution in [0.3, 0.4) is 0 Å². The first-order valence-corrected chi connectivity index (χ1v) is 8.16. The maximum Gasteiger partial charge on any atom is 0.209 e. The van der Waals surface area contributed by atoms with Crippen molar-refractivity contribution < 1.29 is 10.1 Å². The minimum Gasteiger partial charge on any atom is -0.494 e. The van der Waals surface area contributed by atoms with Crippen molar-refractivity contribution in [3.63, 3.8) is 0 Å². The predicted molar refractivity (Wildman–Crippen MR) is 82.2 cm³/mol. The average Bonchev–Trinajstić information content (AvgIpc) is 2.89. The van der Waals surface area contributed by atoms with Crippen LogP contribution in [0.5, 0.6) is 5.75 Å². The van der Waals surface area contributed by atoms with Crippen LogP contribution in [0, 0.1) is 0 Å². The number of nitrogens with zero attached hydrogens (tertiary/aromatic N) is 4. The van der Waals surface area contributed by atoms with E-state index in [0.717, 1.165) is 36.2 Å². The summed E-state index contributed by atoms with van der Waals surface area (Å²) < 4.78 is 7.21.